The average molecular weight is 575 g/mol. The molecule has 0 aliphatic heterocycles. The van der Waals surface area contributed by atoms with E-state index in [4.69, 9.17) is 32.7 Å². The molecule has 0 aliphatic carbocycles. The standard InChI is InChI=1S/C21H17Cl2IN2O3S/c1-2-28-18-9-13(11-25-26-21(27)19-4-3-7-30-19)8-17(24)20(18)29-12-14-5-6-15(22)10-16(14)23/h3-11H,2,12H2,1H3,(H,26,27)/b25-11-. The molecule has 30 heavy (non-hydrogen) atoms. The number of ether oxygens (including phenoxy) is 2. The molecule has 0 fully saturated rings. The van der Waals surface area contributed by atoms with Gasteiger partial charge >= 0.3 is 0 Å². The van der Waals surface area contributed by atoms with Gasteiger partial charge in [-0.05, 0) is 70.8 Å². The Labute approximate surface area is 202 Å². The van der Waals surface area contributed by atoms with Gasteiger partial charge in [0.15, 0.2) is 11.5 Å². The van der Waals surface area contributed by atoms with Gasteiger partial charge in [-0.3, -0.25) is 4.79 Å². The van der Waals surface area contributed by atoms with Gasteiger partial charge in [0.2, 0.25) is 0 Å². The molecular weight excluding hydrogens is 558 g/mol. The number of thiophene rings is 1. The lowest BCUT2D eigenvalue weighted by molar-refractivity contribution is 0.0959. The summed E-state index contributed by atoms with van der Waals surface area (Å²) in [4.78, 5) is 12.6. The molecule has 1 N–H and O–H groups in total. The molecule has 0 unspecified atom stereocenters. The van der Waals surface area contributed by atoms with E-state index < -0.39 is 0 Å². The fourth-order valence-corrected chi connectivity index (χ4v) is 4.34. The second-order valence-electron chi connectivity index (χ2n) is 5.96. The molecule has 1 aromatic heterocycles. The molecule has 1 amide bonds. The van der Waals surface area contributed by atoms with Gasteiger partial charge in [0, 0.05) is 15.6 Å². The van der Waals surface area contributed by atoms with Crippen LogP contribution >= 0.6 is 57.1 Å². The minimum atomic E-state index is -0.249. The zero-order valence-corrected chi connectivity index (χ0v) is 20.3. The van der Waals surface area contributed by atoms with Crippen molar-refractivity contribution in [3.8, 4) is 11.5 Å². The van der Waals surface area contributed by atoms with E-state index in [1.54, 1.807) is 24.4 Å². The van der Waals surface area contributed by atoms with Crippen molar-refractivity contribution in [1.82, 2.24) is 5.43 Å². The van der Waals surface area contributed by atoms with Crippen molar-refractivity contribution in [3.05, 3.63) is 77.5 Å². The summed E-state index contributed by atoms with van der Waals surface area (Å²) in [6.45, 7) is 2.65. The van der Waals surface area contributed by atoms with E-state index in [0.29, 0.717) is 33.0 Å². The molecule has 2 aromatic carbocycles. The van der Waals surface area contributed by atoms with Crippen molar-refractivity contribution in [1.29, 1.82) is 0 Å². The van der Waals surface area contributed by atoms with Gasteiger partial charge < -0.3 is 9.47 Å². The lowest BCUT2D eigenvalue weighted by Crippen LogP contribution is -2.16. The maximum Gasteiger partial charge on any atom is 0.281 e. The number of rotatable bonds is 8. The Morgan fingerprint density at radius 1 is 1.23 bits per heavy atom. The van der Waals surface area contributed by atoms with Crippen molar-refractivity contribution >= 4 is 69.3 Å². The highest BCUT2D eigenvalue weighted by atomic mass is 127. The molecular formula is C21H17Cl2IN2O3S. The molecule has 0 spiro atoms. The van der Waals surface area contributed by atoms with E-state index in [2.05, 4.69) is 33.1 Å². The molecule has 0 saturated heterocycles. The molecule has 3 aromatic rings. The third-order valence-corrected chi connectivity index (χ3v) is 6.10. The summed E-state index contributed by atoms with van der Waals surface area (Å²) in [6, 6.07) is 12.5. The molecule has 5 nitrogen and oxygen atoms in total. The lowest BCUT2D eigenvalue weighted by atomic mass is 10.2. The van der Waals surface area contributed by atoms with Crippen LogP contribution in [-0.4, -0.2) is 18.7 Å². The monoisotopic (exact) mass is 574 g/mol. The molecule has 0 aliphatic rings. The van der Waals surface area contributed by atoms with Crippen LogP contribution in [0.3, 0.4) is 0 Å². The first-order valence-electron chi connectivity index (χ1n) is 8.88. The highest BCUT2D eigenvalue weighted by Crippen LogP contribution is 2.35. The lowest BCUT2D eigenvalue weighted by Gasteiger charge is -2.15. The van der Waals surface area contributed by atoms with Crippen molar-refractivity contribution in [2.75, 3.05) is 6.61 Å². The van der Waals surface area contributed by atoms with E-state index in [9.17, 15) is 4.79 Å². The van der Waals surface area contributed by atoms with Crippen LogP contribution in [0.1, 0.15) is 27.7 Å². The number of amides is 1. The number of hydrogen-bond donors (Lipinski definition) is 1. The quantitative estimate of drug-likeness (QED) is 0.192. The Balaban J connectivity index is 1.74. The topological polar surface area (TPSA) is 59.9 Å². The number of nitrogens with zero attached hydrogens (tertiary/aromatic N) is 1. The van der Waals surface area contributed by atoms with E-state index in [0.717, 1.165) is 14.7 Å². The van der Waals surface area contributed by atoms with Gasteiger partial charge in [0.1, 0.15) is 6.61 Å². The minimum Gasteiger partial charge on any atom is -0.490 e. The SMILES string of the molecule is CCOc1cc(/C=N\NC(=O)c2cccs2)cc(I)c1OCc1ccc(Cl)cc1Cl. The molecule has 0 saturated carbocycles. The minimum absolute atomic E-state index is 0.249. The van der Waals surface area contributed by atoms with Gasteiger partial charge in [0.25, 0.3) is 5.91 Å². The van der Waals surface area contributed by atoms with Crippen LogP contribution in [0.4, 0.5) is 0 Å². The highest BCUT2D eigenvalue weighted by Gasteiger charge is 2.13. The number of nitrogens with one attached hydrogen (secondary N) is 1. The number of carbonyl (C=O) groups is 1. The van der Waals surface area contributed by atoms with Crippen LogP contribution < -0.4 is 14.9 Å². The number of benzene rings is 2. The Bertz CT molecular complexity index is 1060. The second-order valence-corrected chi connectivity index (χ2v) is 8.92. The number of halogens is 3. The molecule has 9 heteroatoms. The van der Waals surface area contributed by atoms with Crippen LogP contribution in [0.15, 0.2) is 52.9 Å². The summed E-state index contributed by atoms with van der Waals surface area (Å²) in [5.41, 5.74) is 4.11. The Morgan fingerprint density at radius 3 is 2.77 bits per heavy atom. The van der Waals surface area contributed by atoms with Crippen molar-refractivity contribution < 1.29 is 14.3 Å². The Kier molecular flexibility index (Phi) is 8.38. The zero-order valence-electron chi connectivity index (χ0n) is 15.8. The Hall–Kier alpha value is -1.81. The first kappa shape index (κ1) is 22.9. The summed E-state index contributed by atoms with van der Waals surface area (Å²) in [5, 5.41) is 6.99. The smallest absolute Gasteiger partial charge is 0.281 e. The molecule has 3 rings (SSSR count). The van der Waals surface area contributed by atoms with Gasteiger partial charge in [-0.2, -0.15) is 5.10 Å². The maximum absolute atomic E-state index is 12.0. The number of carbonyl (C=O) groups excluding carboxylic acids is 1. The fourth-order valence-electron chi connectivity index (χ4n) is 2.48. The summed E-state index contributed by atoms with van der Waals surface area (Å²) >= 11 is 15.7. The first-order chi connectivity index (χ1) is 14.5. The van der Waals surface area contributed by atoms with Gasteiger partial charge in [-0.15, -0.1) is 11.3 Å². The summed E-state index contributed by atoms with van der Waals surface area (Å²) in [5.74, 6) is 0.949. The predicted octanol–water partition coefficient (Wildman–Crippen LogP) is 6.40. The van der Waals surface area contributed by atoms with E-state index >= 15 is 0 Å². The first-order valence-corrected chi connectivity index (χ1v) is 11.6. The summed E-state index contributed by atoms with van der Waals surface area (Å²) in [7, 11) is 0. The molecule has 156 valence electrons. The van der Waals surface area contributed by atoms with Gasteiger partial charge in [-0.25, -0.2) is 5.43 Å². The fraction of sp³-hybridized carbons (Fsp3) is 0.143. The summed E-state index contributed by atoms with van der Waals surface area (Å²) in [6.07, 6.45) is 1.57. The van der Waals surface area contributed by atoms with Crippen LogP contribution in [0.5, 0.6) is 11.5 Å². The summed E-state index contributed by atoms with van der Waals surface area (Å²) < 4.78 is 12.6. The van der Waals surface area contributed by atoms with Crippen LogP contribution in [0.25, 0.3) is 0 Å². The molecule has 1 heterocycles. The zero-order chi connectivity index (χ0) is 21.5. The van der Waals surface area contributed by atoms with Gasteiger partial charge in [0.05, 0.1) is 21.3 Å². The number of hydrazone groups is 1. The average Bonchev–Trinajstić information content (AvgIpc) is 3.24. The highest BCUT2D eigenvalue weighted by molar-refractivity contribution is 14.1. The third-order valence-electron chi connectivity index (χ3n) is 3.84. The molecule has 0 radical (unpaired) electrons. The van der Waals surface area contributed by atoms with Crippen molar-refractivity contribution in [2.24, 2.45) is 5.10 Å². The number of hydrogen-bond acceptors (Lipinski definition) is 5. The van der Waals surface area contributed by atoms with E-state index in [-0.39, 0.29) is 12.5 Å². The van der Waals surface area contributed by atoms with E-state index in [1.807, 2.05) is 36.6 Å². The van der Waals surface area contributed by atoms with Crippen molar-refractivity contribution in [3.63, 3.8) is 0 Å². The van der Waals surface area contributed by atoms with Crippen LogP contribution in [0, 0.1) is 3.57 Å². The Morgan fingerprint density at radius 2 is 2.07 bits per heavy atom. The van der Waals surface area contributed by atoms with Gasteiger partial charge in [-0.1, -0.05) is 35.3 Å². The second kappa shape index (κ2) is 11.0. The largest absolute Gasteiger partial charge is 0.490 e. The predicted molar refractivity (Wildman–Crippen MR) is 131 cm³/mol. The van der Waals surface area contributed by atoms with Crippen LogP contribution in [0.2, 0.25) is 10.0 Å². The molecule has 0 bridgehead atoms. The molecule has 0 atom stereocenters. The van der Waals surface area contributed by atoms with Crippen LogP contribution in [-0.2, 0) is 6.61 Å². The maximum atomic E-state index is 12.0. The normalized spacial score (nSPS) is 10.9. The van der Waals surface area contributed by atoms with E-state index in [1.165, 1.54) is 11.3 Å². The van der Waals surface area contributed by atoms with Crippen molar-refractivity contribution in [2.45, 2.75) is 13.5 Å². The third kappa shape index (κ3) is 6.10.